The fourth-order valence-corrected chi connectivity index (χ4v) is 3.93. The van der Waals surface area contributed by atoms with Crippen LogP contribution in [0.4, 0.5) is 17.1 Å². The Hall–Kier alpha value is -3.32. The van der Waals surface area contributed by atoms with E-state index in [0.29, 0.717) is 27.6 Å². The van der Waals surface area contributed by atoms with Gasteiger partial charge in [0.1, 0.15) is 10.7 Å². The predicted octanol–water partition coefficient (Wildman–Crippen LogP) is 6.24. The summed E-state index contributed by atoms with van der Waals surface area (Å²) in [5.41, 5.74) is 2.72. The van der Waals surface area contributed by atoms with Crippen LogP contribution in [0.3, 0.4) is 0 Å². The number of rotatable bonds is 6. The topological polar surface area (TPSA) is 78.5 Å². The zero-order chi connectivity index (χ0) is 24.4. The minimum absolute atomic E-state index is 0.0332. The second kappa shape index (κ2) is 9.89. The van der Waals surface area contributed by atoms with Crippen LogP contribution in [0.2, 0.25) is 10.0 Å². The lowest BCUT2D eigenvalue weighted by Gasteiger charge is -2.15. The number of nitrogens with one attached hydrogen (secondary N) is 2. The maximum Gasteiger partial charge on any atom is 0.283 e. The summed E-state index contributed by atoms with van der Waals surface area (Å²) in [6.07, 6.45) is 0.841. The van der Waals surface area contributed by atoms with Crippen molar-refractivity contribution in [2.45, 2.75) is 13.3 Å². The molecule has 0 saturated heterocycles. The van der Waals surface area contributed by atoms with Gasteiger partial charge in [0.05, 0.1) is 21.4 Å². The highest BCUT2D eigenvalue weighted by molar-refractivity contribution is 6.53. The van der Waals surface area contributed by atoms with Crippen LogP contribution in [0.5, 0.6) is 0 Å². The summed E-state index contributed by atoms with van der Waals surface area (Å²) in [5.74, 6) is -1.55. The lowest BCUT2D eigenvalue weighted by Crippen LogP contribution is -2.32. The summed E-state index contributed by atoms with van der Waals surface area (Å²) < 4.78 is 0. The molecule has 0 aliphatic carbocycles. The minimum Gasteiger partial charge on any atom is -0.350 e. The number of aryl methyl sites for hydroxylation is 1. The highest BCUT2D eigenvalue weighted by Gasteiger charge is 2.38. The molecule has 3 aromatic rings. The molecule has 2 N–H and O–H groups in total. The molecule has 0 radical (unpaired) electrons. The molecule has 3 aromatic carbocycles. The molecule has 0 bridgehead atoms. The fraction of sp³-hybridized carbons (Fsp3) is 0.0800. The molecule has 1 heterocycles. The molecule has 1 aliphatic rings. The van der Waals surface area contributed by atoms with Gasteiger partial charge in [-0.3, -0.25) is 14.4 Å². The van der Waals surface area contributed by atoms with Crippen LogP contribution in [0.1, 0.15) is 22.8 Å². The number of carbonyl (C=O) groups is 3. The first-order valence-electron chi connectivity index (χ1n) is 10.3. The molecule has 0 fully saturated rings. The van der Waals surface area contributed by atoms with Crippen LogP contribution in [-0.4, -0.2) is 17.7 Å². The molecular formula is C25H18Cl3N3O3. The number of amides is 3. The van der Waals surface area contributed by atoms with Crippen molar-refractivity contribution >= 4 is 69.6 Å². The SMILES string of the molecule is CCc1ccc(N2C(=O)C(Cl)=C(Nc3ccc(C(=O)Nc4cccc(Cl)c4Cl)cc3)C2=O)cc1. The maximum atomic E-state index is 12.9. The Kier molecular flexibility index (Phi) is 6.93. The van der Waals surface area contributed by atoms with Crippen LogP contribution in [0, 0.1) is 0 Å². The van der Waals surface area contributed by atoms with Gasteiger partial charge < -0.3 is 10.6 Å². The van der Waals surface area contributed by atoms with E-state index < -0.39 is 11.8 Å². The van der Waals surface area contributed by atoms with Gasteiger partial charge >= 0.3 is 0 Å². The average Bonchev–Trinajstić information content (AvgIpc) is 3.05. The largest absolute Gasteiger partial charge is 0.350 e. The molecule has 172 valence electrons. The summed E-state index contributed by atoms with van der Waals surface area (Å²) in [4.78, 5) is 39.2. The van der Waals surface area contributed by atoms with E-state index in [-0.39, 0.29) is 21.7 Å². The van der Waals surface area contributed by atoms with Gasteiger partial charge in [0.15, 0.2) is 0 Å². The lowest BCUT2D eigenvalue weighted by molar-refractivity contribution is -0.120. The Labute approximate surface area is 211 Å². The number of halogens is 3. The number of nitrogens with zero attached hydrogens (tertiary/aromatic N) is 1. The number of carbonyl (C=O) groups excluding carboxylic acids is 3. The van der Waals surface area contributed by atoms with E-state index in [0.717, 1.165) is 16.9 Å². The van der Waals surface area contributed by atoms with Gasteiger partial charge in [-0.25, -0.2) is 4.90 Å². The first-order valence-corrected chi connectivity index (χ1v) is 11.4. The Bertz CT molecular complexity index is 1320. The molecule has 9 heteroatoms. The minimum atomic E-state index is -0.604. The van der Waals surface area contributed by atoms with Crippen molar-refractivity contribution < 1.29 is 14.4 Å². The quantitative estimate of drug-likeness (QED) is 0.382. The van der Waals surface area contributed by atoms with Gasteiger partial charge in [0.25, 0.3) is 17.7 Å². The van der Waals surface area contributed by atoms with Gasteiger partial charge in [0, 0.05) is 11.3 Å². The van der Waals surface area contributed by atoms with Gasteiger partial charge in [-0.1, -0.05) is 59.9 Å². The van der Waals surface area contributed by atoms with Gasteiger partial charge in [0.2, 0.25) is 0 Å². The average molecular weight is 515 g/mol. The normalized spacial score (nSPS) is 13.5. The zero-order valence-electron chi connectivity index (χ0n) is 17.9. The van der Waals surface area contributed by atoms with E-state index in [4.69, 9.17) is 34.8 Å². The second-order valence-electron chi connectivity index (χ2n) is 7.41. The van der Waals surface area contributed by atoms with Crippen molar-refractivity contribution in [1.82, 2.24) is 0 Å². The molecule has 1 aliphatic heterocycles. The third-order valence-corrected chi connectivity index (χ3v) is 6.42. The van der Waals surface area contributed by atoms with E-state index >= 15 is 0 Å². The number of benzene rings is 3. The van der Waals surface area contributed by atoms with Crippen LogP contribution in [0.15, 0.2) is 77.5 Å². The van der Waals surface area contributed by atoms with E-state index in [1.807, 2.05) is 19.1 Å². The molecule has 6 nitrogen and oxygen atoms in total. The van der Waals surface area contributed by atoms with Crippen molar-refractivity contribution in [3.05, 3.63) is 98.6 Å². The van der Waals surface area contributed by atoms with E-state index in [2.05, 4.69) is 10.6 Å². The van der Waals surface area contributed by atoms with Crippen LogP contribution < -0.4 is 15.5 Å². The highest BCUT2D eigenvalue weighted by Crippen LogP contribution is 2.31. The number of hydrogen-bond donors (Lipinski definition) is 2. The molecule has 3 amide bonds. The van der Waals surface area contributed by atoms with E-state index in [1.54, 1.807) is 54.6 Å². The first-order chi connectivity index (χ1) is 16.3. The third kappa shape index (κ3) is 4.66. The first kappa shape index (κ1) is 23.8. The Balaban J connectivity index is 1.48. The second-order valence-corrected chi connectivity index (χ2v) is 8.58. The summed E-state index contributed by atoms with van der Waals surface area (Å²) in [7, 11) is 0. The summed E-state index contributed by atoms with van der Waals surface area (Å²) in [6.45, 7) is 2.02. The zero-order valence-corrected chi connectivity index (χ0v) is 20.1. The molecule has 0 atom stereocenters. The summed E-state index contributed by atoms with van der Waals surface area (Å²) in [5, 5.41) is 5.96. The maximum absolute atomic E-state index is 12.9. The predicted molar refractivity (Wildman–Crippen MR) is 136 cm³/mol. The molecule has 0 saturated carbocycles. The molecule has 0 unspecified atom stereocenters. The van der Waals surface area contributed by atoms with Crippen molar-refractivity contribution in [2.75, 3.05) is 15.5 Å². The molecule has 4 rings (SSSR count). The van der Waals surface area contributed by atoms with Crippen LogP contribution in [-0.2, 0) is 16.0 Å². The van der Waals surface area contributed by atoms with E-state index in [9.17, 15) is 14.4 Å². The monoisotopic (exact) mass is 513 g/mol. The Morgan fingerprint density at radius 2 is 1.56 bits per heavy atom. The molecule has 0 aromatic heterocycles. The smallest absolute Gasteiger partial charge is 0.283 e. The van der Waals surface area contributed by atoms with Crippen molar-refractivity contribution in [2.24, 2.45) is 0 Å². The molecule has 34 heavy (non-hydrogen) atoms. The van der Waals surface area contributed by atoms with Gasteiger partial charge in [-0.05, 0) is 60.5 Å². The fourth-order valence-electron chi connectivity index (χ4n) is 3.37. The molecule has 0 spiro atoms. The highest BCUT2D eigenvalue weighted by atomic mass is 35.5. The van der Waals surface area contributed by atoms with Gasteiger partial charge in [-0.2, -0.15) is 0 Å². The number of imide groups is 1. The van der Waals surface area contributed by atoms with Crippen LogP contribution >= 0.6 is 34.8 Å². The summed E-state index contributed by atoms with van der Waals surface area (Å²) >= 11 is 18.3. The van der Waals surface area contributed by atoms with Crippen molar-refractivity contribution in [3.63, 3.8) is 0 Å². The number of hydrogen-bond acceptors (Lipinski definition) is 4. The van der Waals surface area contributed by atoms with Crippen molar-refractivity contribution in [3.8, 4) is 0 Å². The standard InChI is InChI=1S/C25H18Cl3N3O3/c1-2-14-6-12-17(13-7-14)31-24(33)21(28)22(25(31)34)29-16-10-8-15(9-11-16)23(32)30-19-5-3-4-18(26)20(19)27/h3-13,29H,2H2,1H3,(H,30,32). The van der Waals surface area contributed by atoms with Gasteiger partial charge in [-0.15, -0.1) is 0 Å². The van der Waals surface area contributed by atoms with Crippen molar-refractivity contribution in [1.29, 1.82) is 0 Å². The Morgan fingerprint density at radius 3 is 2.21 bits per heavy atom. The summed E-state index contributed by atoms with van der Waals surface area (Å²) in [6, 6.07) is 18.4. The molecular weight excluding hydrogens is 497 g/mol. The Morgan fingerprint density at radius 1 is 0.882 bits per heavy atom. The number of anilines is 3. The third-order valence-electron chi connectivity index (χ3n) is 5.25. The van der Waals surface area contributed by atoms with Crippen LogP contribution in [0.25, 0.3) is 0 Å². The lowest BCUT2D eigenvalue weighted by atomic mass is 10.1. The van der Waals surface area contributed by atoms with E-state index in [1.165, 1.54) is 0 Å².